The van der Waals surface area contributed by atoms with Gasteiger partial charge < -0.3 is 5.73 Å². The van der Waals surface area contributed by atoms with Gasteiger partial charge in [-0.1, -0.05) is 12.6 Å². The average Bonchev–Trinajstić information content (AvgIpc) is 1.37. The van der Waals surface area contributed by atoms with Crippen LogP contribution in [0.5, 0.6) is 0 Å². The second kappa shape index (κ2) is 2.71. The third-order valence-electron chi connectivity index (χ3n) is 0.0645. The molecule has 22 valence electrons. The van der Waals surface area contributed by atoms with E-state index in [1.807, 2.05) is 6.04 Å². The summed E-state index contributed by atoms with van der Waals surface area (Å²) in [5.74, 6) is 0. The highest BCUT2D eigenvalue weighted by atomic mass is 32.1. The van der Waals surface area contributed by atoms with Gasteiger partial charge in [0.15, 0.2) is 0 Å². The molecule has 0 heterocycles. The van der Waals surface area contributed by atoms with Crippen LogP contribution in [0.25, 0.3) is 0 Å². The zero-order chi connectivity index (χ0) is 3.41. The predicted molar refractivity (Wildman–Crippen MR) is 20.9 cm³/mol. The van der Waals surface area contributed by atoms with Gasteiger partial charge in [-0.2, -0.15) is 0 Å². The topological polar surface area (TPSA) is 26.0 Å². The molecule has 0 aromatic rings. The third kappa shape index (κ3) is 1.71. The lowest BCUT2D eigenvalue weighted by atomic mass is 11.2. The summed E-state index contributed by atoms with van der Waals surface area (Å²) in [5.41, 5.74) is 4.59. The summed E-state index contributed by atoms with van der Waals surface area (Å²) in [7, 11) is 0. The highest BCUT2D eigenvalue weighted by Crippen LogP contribution is 1.49. The molecule has 0 spiro atoms. The van der Waals surface area contributed by atoms with Gasteiger partial charge in [-0.25, -0.2) is 0 Å². The monoisotopic (exact) mass is 73.0 g/mol. The Morgan fingerprint density at radius 1 is 1.75 bits per heavy atom. The normalized spacial score (nSPS) is 3.25. The van der Waals surface area contributed by atoms with Crippen LogP contribution in [0.2, 0.25) is 0 Å². The maximum absolute atomic E-state index is 4.59. The van der Waals surface area contributed by atoms with E-state index in [0.29, 0.717) is 0 Å². The first-order chi connectivity index (χ1) is 1.91. The van der Waals surface area contributed by atoms with Gasteiger partial charge >= 0.3 is 0 Å². The Morgan fingerprint density at radius 2 is 2.00 bits per heavy atom. The maximum Gasteiger partial charge on any atom is 0.0135 e. The lowest BCUT2D eigenvalue weighted by molar-refractivity contribution is 1.75. The number of hydrogen-bond donors (Lipinski definition) is 2. The fourth-order valence-electron chi connectivity index (χ4n) is 0. The van der Waals surface area contributed by atoms with Gasteiger partial charge in [0.05, 0.1) is 0 Å². The van der Waals surface area contributed by atoms with E-state index in [-0.39, 0.29) is 0 Å². The molecule has 2 N–H and O–H groups in total. The first-order valence-electron chi connectivity index (χ1n) is 0.762. The van der Waals surface area contributed by atoms with Crippen molar-refractivity contribution < 1.29 is 0 Å². The molecule has 0 aromatic heterocycles. The van der Waals surface area contributed by atoms with E-state index in [9.17, 15) is 0 Å². The van der Waals surface area contributed by atoms with Crippen molar-refractivity contribution in [1.29, 1.82) is 0 Å². The smallest absolute Gasteiger partial charge is 0.0135 e. The molecular formula is C2H3NS. The third-order valence-corrected chi connectivity index (χ3v) is 0.194. The summed E-state index contributed by atoms with van der Waals surface area (Å²) in [4.78, 5) is 0. The van der Waals surface area contributed by atoms with E-state index in [4.69, 9.17) is 0 Å². The molecule has 0 bridgehead atoms. The van der Waals surface area contributed by atoms with Gasteiger partial charge in [0.1, 0.15) is 0 Å². The van der Waals surface area contributed by atoms with Gasteiger partial charge in [-0.15, -0.1) is 0 Å². The minimum absolute atomic E-state index is 2.04. The molecule has 0 unspecified atom stereocenters. The van der Waals surface area contributed by atoms with Gasteiger partial charge in [0.25, 0.3) is 0 Å². The van der Waals surface area contributed by atoms with Crippen molar-refractivity contribution in [3.05, 3.63) is 0 Å². The van der Waals surface area contributed by atoms with Gasteiger partial charge in [0.2, 0.25) is 0 Å². The zero-order valence-corrected chi connectivity index (χ0v) is 2.92. The summed E-state index contributed by atoms with van der Waals surface area (Å²) in [6, 6.07) is 2.04. The molecule has 0 saturated carbocycles. The lowest BCUT2D eigenvalue weighted by Gasteiger charge is -1.43. The molecule has 0 fully saturated rings. The number of thiol groups is 1. The van der Waals surface area contributed by atoms with Crippen molar-refractivity contribution in [3.8, 4) is 11.3 Å². The van der Waals surface area contributed by atoms with Gasteiger partial charge in [-0.05, 0) is 5.25 Å². The first kappa shape index (κ1) is 3.71. The van der Waals surface area contributed by atoms with Crippen molar-refractivity contribution in [2.24, 2.45) is 5.73 Å². The van der Waals surface area contributed by atoms with Crippen LogP contribution in [0.4, 0.5) is 0 Å². The van der Waals surface area contributed by atoms with E-state index < -0.39 is 0 Å². The van der Waals surface area contributed by atoms with Crippen molar-refractivity contribution in [2.75, 3.05) is 0 Å². The van der Waals surface area contributed by atoms with E-state index in [0.717, 1.165) is 0 Å². The minimum atomic E-state index is 2.04. The van der Waals surface area contributed by atoms with Crippen LogP contribution in [0.3, 0.4) is 0 Å². The molecule has 2 heteroatoms. The summed E-state index contributed by atoms with van der Waals surface area (Å²) in [6.07, 6.45) is 0. The van der Waals surface area contributed by atoms with Crippen LogP contribution in [0, 0.1) is 11.3 Å². The molecule has 0 aromatic carbocycles. The summed E-state index contributed by atoms with van der Waals surface area (Å²) >= 11 is 3.43. The Balaban J connectivity index is 2.83. The molecule has 0 aliphatic heterocycles. The average molecular weight is 73.1 g/mol. The van der Waals surface area contributed by atoms with E-state index >= 15 is 0 Å². The first-order valence-corrected chi connectivity index (χ1v) is 1.21. The molecule has 1 nitrogen and oxygen atoms in total. The molecule has 4 heavy (non-hydrogen) atoms. The molecule has 0 aliphatic rings. The predicted octanol–water partition coefficient (Wildman–Crippen LogP) is -0.207. The lowest BCUT2D eigenvalue weighted by Crippen LogP contribution is -1.71. The second-order valence-corrected chi connectivity index (χ2v) is 0.480. The number of hydrogen-bond acceptors (Lipinski definition) is 2. The largest absolute Gasteiger partial charge is 0.359 e. The number of rotatable bonds is 0. The van der Waals surface area contributed by atoms with Crippen molar-refractivity contribution in [1.82, 2.24) is 0 Å². The fraction of sp³-hybridized carbons (Fsp3) is 0. The van der Waals surface area contributed by atoms with Gasteiger partial charge in [0, 0.05) is 6.04 Å². The van der Waals surface area contributed by atoms with Crippen LogP contribution < -0.4 is 5.73 Å². The summed E-state index contributed by atoms with van der Waals surface area (Å²) in [5, 5.41) is 2.15. The van der Waals surface area contributed by atoms with Crippen LogP contribution in [0.1, 0.15) is 0 Å². The molecule has 0 amide bonds. The van der Waals surface area contributed by atoms with E-state index in [2.05, 4.69) is 23.6 Å². The molecular weight excluding hydrogens is 70.1 g/mol. The summed E-state index contributed by atoms with van der Waals surface area (Å²) in [6.45, 7) is 0. The van der Waals surface area contributed by atoms with Crippen molar-refractivity contribution in [3.63, 3.8) is 0 Å². The Labute approximate surface area is 30.6 Å². The van der Waals surface area contributed by atoms with Crippen LogP contribution in [-0.2, 0) is 0 Å². The second-order valence-electron chi connectivity index (χ2n) is 0.256. The molecule has 0 atom stereocenters. The summed E-state index contributed by atoms with van der Waals surface area (Å²) < 4.78 is 0. The van der Waals surface area contributed by atoms with Gasteiger partial charge in [-0.3, -0.25) is 0 Å². The standard InChI is InChI=1S/C2H3NS/c3-1-2-4/h4H,3H2. The van der Waals surface area contributed by atoms with Crippen LogP contribution in [-0.4, -0.2) is 0 Å². The van der Waals surface area contributed by atoms with E-state index in [1.165, 1.54) is 0 Å². The highest BCUT2D eigenvalue weighted by molar-refractivity contribution is 7.85. The Bertz CT molecular complexity index is 42.8. The van der Waals surface area contributed by atoms with Crippen molar-refractivity contribution >= 4 is 12.6 Å². The molecule has 0 aliphatic carbocycles. The van der Waals surface area contributed by atoms with Crippen LogP contribution in [0.15, 0.2) is 0 Å². The molecule has 0 radical (unpaired) electrons. The Kier molecular flexibility index (Phi) is 2.51. The number of nitrogens with two attached hydrogens (primary N) is 1. The SMILES string of the molecule is NC#CS. The Morgan fingerprint density at radius 3 is 2.00 bits per heavy atom. The Hall–Kier alpha value is -0.290. The maximum atomic E-state index is 4.59. The zero-order valence-electron chi connectivity index (χ0n) is 2.02. The quantitative estimate of drug-likeness (QED) is 0.232. The van der Waals surface area contributed by atoms with Crippen molar-refractivity contribution in [2.45, 2.75) is 0 Å². The molecule has 0 saturated heterocycles. The molecule has 0 rings (SSSR count). The fourth-order valence-corrected chi connectivity index (χ4v) is 0. The van der Waals surface area contributed by atoms with Crippen LogP contribution >= 0.6 is 12.6 Å². The van der Waals surface area contributed by atoms with E-state index in [1.54, 1.807) is 0 Å². The minimum Gasteiger partial charge on any atom is -0.359 e. The highest BCUT2D eigenvalue weighted by Gasteiger charge is 1.26.